The number of fused-ring (bicyclic) bond motifs is 1. The summed E-state index contributed by atoms with van der Waals surface area (Å²) in [6.07, 6.45) is 8.75. The molecule has 0 spiro atoms. The third-order valence-electron chi connectivity index (χ3n) is 5.06. The molecule has 0 saturated carbocycles. The minimum absolute atomic E-state index is 0.0266. The molecule has 1 aliphatic heterocycles. The first kappa shape index (κ1) is 18.3. The van der Waals surface area contributed by atoms with Gasteiger partial charge in [-0.25, -0.2) is 4.98 Å². The highest BCUT2D eigenvalue weighted by molar-refractivity contribution is 5.34. The fraction of sp³-hybridized carbons (Fsp3) is 0.333. The van der Waals surface area contributed by atoms with Gasteiger partial charge in [0.05, 0.1) is 5.69 Å². The molecule has 4 rings (SSSR count). The summed E-state index contributed by atoms with van der Waals surface area (Å²) in [4.78, 5) is 33.1. The maximum atomic E-state index is 12.7. The van der Waals surface area contributed by atoms with Gasteiger partial charge >= 0.3 is 0 Å². The Morgan fingerprint density at radius 2 is 1.79 bits per heavy atom. The zero-order valence-electron chi connectivity index (χ0n) is 16.0. The molecule has 0 aliphatic carbocycles. The van der Waals surface area contributed by atoms with Crippen LogP contribution < -0.4 is 10.5 Å². The molecule has 0 atom stereocenters. The zero-order chi connectivity index (χ0) is 19.3. The van der Waals surface area contributed by atoms with Crippen molar-refractivity contribution in [3.05, 3.63) is 81.8 Å². The van der Waals surface area contributed by atoms with E-state index >= 15 is 0 Å². The summed E-state index contributed by atoms with van der Waals surface area (Å²) in [5.41, 5.74) is 3.96. The molecule has 7 heteroatoms. The molecule has 0 unspecified atom stereocenters. The fourth-order valence-electron chi connectivity index (χ4n) is 3.57. The van der Waals surface area contributed by atoms with Gasteiger partial charge in [0.25, 0.3) is 5.56 Å². The van der Waals surface area contributed by atoms with Crippen molar-refractivity contribution in [3.63, 3.8) is 0 Å². The van der Waals surface area contributed by atoms with Crippen molar-refractivity contribution >= 4 is 5.95 Å². The molecular formula is C21H24N6O. The van der Waals surface area contributed by atoms with E-state index in [9.17, 15) is 4.79 Å². The van der Waals surface area contributed by atoms with Crippen LogP contribution in [0.4, 0.5) is 5.95 Å². The molecule has 1 N–H and O–H groups in total. The molecular weight excluding hydrogens is 352 g/mol. The Bertz CT molecular complexity index is 973. The summed E-state index contributed by atoms with van der Waals surface area (Å²) in [6, 6.07) is 7.97. The van der Waals surface area contributed by atoms with Crippen LogP contribution in [0, 0.1) is 0 Å². The normalized spacial score (nSPS) is 14.3. The summed E-state index contributed by atoms with van der Waals surface area (Å²) in [5.74, 6) is 0.605. The van der Waals surface area contributed by atoms with E-state index in [4.69, 9.17) is 4.98 Å². The molecule has 28 heavy (non-hydrogen) atoms. The molecule has 7 nitrogen and oxygen atoms in total. The molecule has 144 valence electrons. The van der Waals surface area contributed by atoms with Crippen LogP contribution in [0.3, 0.4) is 0 Å². The SMILES string of the molecule is CN(Cc1cccnc1)c1nc2c(c(=O)[nH]1)CCN(Cc1cccnc1)CC2. The Labute approximate surface area is 164 Å². The maximum Gasteiger partial charge on any atom is 0.255 e. The fourth-order valence-corrected chi connectivity index (χ4v) is 3.57. The second-order valence-electron chi connectivity index (χ2n) is 7.17. The Balaban J connectivity index is 1.49. The monoisotopic (exact) mass is 376 g/mol. The van der Waals surface area contributed by atoms with Crippen molar-refractivity contribution in [1.29, 1.82) is 0 Å². The average Bonchev–Trinajstić information content (AvgIpc) is 2.92. The molecule has 3 aromatic rings. The van der Waals surface area contributed by atoms with Crippen LogP contribution in [0.25, 0.3) is 0 Å². The predicted molar refractivity (Wildman–Crippen MR) is 108 cm³/mol. The number of aromatic nitrogens is 4. The second-order valence-corrected chi connectivity index (χ2v) is 7.17. The molecule has 0 bridgehead atoms. The summed E-state index contributed by atoms with van der Waals surface area (Å²) in [6.45, 7) is 3.21. The van der Waals surface area contributed by atoms with E-state index in [0.29, 0.717) is 18.9 Å². The van der Waals surface area contributed by atoms with Gasteiger partial charge in [0, 0.05) is 70.0 Å². The van der Waals surface area contributed by atoms with Crippen molar-refractivity contribution in [2.24, 2.45) is 0 Å². The van der Waals surface area contributed by atoms with Crippen LogP contribution >= 0.6 is 0 Å². The van der Waals surface area contributed by atoms with Gasteiger partial charge < -0.3 is 4.90 Å². The number of pyridine rings is 2. The molecule has 0 fully saturated rings. The van der Waals surface area contributed by atoms with Gasteiger partial charge in [-0.2, -0.15) is 0 Å². The van der Waals surface area contributed by atoms with E-state index in [0.717, 1.165) is 42.9 Å². The number of nitrogens with one attached hydrogen (secondary N) is 1. The lowest BCUT2D eigenvalue weighted by Gasteiger charge is -2.19. The highest BCUT2D eigenvalue weighted by Gasteiger charge is 2.20. The molecule has 0 amide bonds. The number of hydrogen-bond acceptors (Lipinski definition) is 6. The smallest absolute Gasteiger partial charge is 0.255 e. The number of anilines is 1. The van der Waals surface area contributed by atoms with Crippen LogP contribution in [0.15, 0.2) is 53.8 Å². The minimum Gasteiger partial charge on any atom is -0.341 e. The van der Waals surface area contributed by atoms with Crippen LogP contribution in [-0.4, -0.2) is 45.0 Å². The summed E-state index contributed by atoms with van der Waals surface area (Å²) >= 11 is 0. The van der Waals surface area contributed by atoms with Crippen molar-refractivity contribution < 1.29 is 0 Å². The zero-order valence-corrected chi connectivity index (χ0v) is 16.0. The second kappa shape index (κ2) is 8.31. The summed E-state index contributed by atoms with van der Waals surface area (Å²) in [5, 5.41) is 0. The standard InChI is InChI=1S/C21H24N6O/c1-26(14-16-4-2-8-22-12-16)21-24-19-7-11-27(10-6-18(19)20(28)25-21)15-17-5-3-9-23-13-17/h2-5,8-9,12-13H,6-7,10-11,14-15H2,1H3,(H,24,25,28). The van der Waals surface area contributed by atoms with Crippen molar-refractivity contribution in [2.75, 3.05) is 25.0 Å². The minimum atomic E-state index is -0.0266. The number of nitrogens with zero attached hydrogens (tertiary/aromatic N) is 5. The quantitative estimate of drug-likeness (QED) is 0.732. The summed E-state index contributed by atoms with van der Waals surface area (Å²) in [7, 11) is 1.93. The van der Waals surface area contributed by atoms with E-state index in [1.165, 1.54) is 5.56 Å². The van der Waals surface area contributed by atoms with Crippen LogP contribution in [0.5, 0.6) is 0 Å². The molecule has 0 aromatic carbocycles. The van der Waals surface area contributed by atoms with E-state index in [-0.39, 0.29) is 5.56 Å². The molecule has 3 aromatic heterocycles. The Morgan fingerprint density at radius 3 is 2.50 bits per heavy atom. The van der Waals surface area contributed by atoms with Gasteiger partial charge in [-0.3, -0.25) is 24.6 Å². The topological polar surface area (TPSA) is 78.0 Å². The molecule has 1 aliphatic rings. The number of H-pyrrole nitrogens is 1. The first-order chi connectivity index (χ1) is 13.7. The van der Waals surface area contributed by atoms with Crippen molar-refractivity contribution in [1.82, 2.24) is 24.8 Å². The van der Waals surface area contributed by atoms with Gasteiger partial charge in [-0.15, -0.1) is 0 Å². The lowest BCUT2D eigenvalue weighted by molar-refractivity contribution is 0.278. The van der Waals surface area contributed by atoms with E-state index in [1.54, 1.807) is 12.4 Å². The van der Waals surface area contributed by atoms with Gasteiger partial charge in [0.1, 0.15) is 0 Å². The van der Waals surface area contributed by atoms with Crippen LogP contribution in [0.1, 0.15) is 22.4 Å². The lowest BCUT2D eigenvalue weighted by atomic mass is 10.1. The highest BCUT2D eigenvalue weighted by Crippen LogP contribution is 2.16. The van der Waals surface area contributed by atoms with Gasteiger partial charge in [0.15, 0.2) is 0 Å². The molecule has 0 saturated heterocycles. The largest absolute Gasteiger partial charge is 0.341 e. The van der Waals surface area contributed by atoms with Crippen molar-refractivity contribution in [2.45, 2.75) is 25.9 Å². The van der Waals surface area contributed by atoms with E-state index in [2.05, 4.69) is 25.9 Å². The summed E-state index contributed by atoms with van der Waals surface area (Å²) < 4.78 is 0. The Morgan fingerprint density at radius 1 is 1.07 bits per heavy atom. The first-order valence-corrected chi connectivity index (χ1v) is 9.52. The number of rotatable bonds is 5. The third kappa shape index (κ3) is 4.26. The third-order valence-corrected chi connectivity index (χ3v) is 5.06. The average molecular weight is 376 g/mol. The lowest BCUT2D eigenvalue weighted by Crippen LogP contribution is -2.27. The van der Waals surface area contributed by atoms with Gasteiger partial charge in [-0.05, 0) is 29.7 Å². The van der Waals surface area contributed by atoms with Gasteiger partial charge in [0.2, 0.25) is 5.95 Å². The number of hydrogen-bond donors (Lipinski definition) is 1. The van der Waals surface area contributed by atoms with E-state index in [1.807, 2.05) is 42.5 Å². The molecule has 4 heterocycles. The van der Waals surface area contributed by atoms with Gasteiger partial charge in [-0.1, -0.05) is 12.1 Å². The Kier molecular flexibility index (Phi) is 5.43. The van der Waals surface area contributed by atoms with Crippen LogP contribution in [-0.2, 0) is 25.9 Å². The van der Waals surface area contributed by atoms with Crippen molar-refractivity contribution in [3.8, 4) is 0 Å². The first-order valence-electron chi connectivity index (χ1n) is 9.52. The highest BCUT2D eigenvalue weighted by atomic mass is 16.1. The molecule has 0 radical (unpaired) electrons. The van der Waals surface area contributed by atoms with Crippen LogP contribution in [0.2, 0.25) is 0 Å². The predicted octanol–water partition coefficient (Wildman–Crippen LogP) is 1.80. The maximum absolute atomic E-state index is 12.7. The number of aromatic amines is 1. The van der Waals surface area contributed by atoms with E-state index < -0.39 is 0 Å². The Hall–Kier alpha value is -3.06.